The molecule has 1 atom stereocenters. The lowest BCUT2D eigenvalue weighted by atomic mass is 10.00. The second-order valence-electron chi connectivity index (χ2n) is 7.73. The summed E-state index contributed by atoms with van der Waals surface area (Å²) < 4.78 is 0. The molecule has 0 aliphatic rings. The van der Waals surface area contributed by atoms with E-state index in [-0.39, 0.29) is 11.9 Å². The molecule has 0 heterocycles. The van der Waals surface area contributed by atoms with Gasteiger partial charge in [0.2, 0.25) is 0 Å². The van der Waals surface area contributed by atoms with Gasteiger partial charge >= 0.3 is 11.8 Å². The van der Waals surface area contributed by atoms with Crippen molar-refractivity contribution in [3.63, 3.8) is 0 Å². The lowest BCUT2D eigenvalue weighted by Gasteiger charge is -2.17. The zero-order valence-electron chi connectivity index (χ0n) is 17.7. The van der Waals surface area contributed by atoms with Gasteiger partial charge in [-0.25, -0.2) is 0 Å². The van der Waals surface area contributed by atoms with Gasteiger partial charge in [-0.15, -0.1) is 0 Å². The van der Waals surface area contributed by atoms with E-state index in [9.17, 15) is 14.4 Å². The number of rotatable bonds is 6. The van der Waals surface area contributed by atoms with Crippen molar-refractivity contribution in [2.24, 2.45) is 5.92 Å². The lowest BCUT2D eigenvalue weighted by Crippen LogP contribution is -2.37. The van der Waals surface area contributed by atoms with Crippen molar-refractivity contribution < 1.29 is 14.4 Å². The first kappa shape index (κ1) is 22.1. The summed E-state index contributed by atoms with van der Waals surface area (Å²) in [5, 5.41) is 5.24. The Morgan fingerprint density at radius 1 is 0.897 bits per heavy atom. The van der Waals surface area contributed by atoms with Gasteiger partial charge in [-0.2, -0.15) is 0 Å². The highest BCUT2D eigenvalue weighted by Crippen LogP contribution is 2.18. The predicted octanol–water partition coefficient (Wildman–Crippen LogP) is 3.40. The van der Waals surface area contributed by atoms with Crippen LogP contribution in [0.3, 0.4) is 0 Å². The van der Waals surface area contributed by atoms with Gasteiger partial charge in [0.25, 0.3) is 5.91 Å². The predicted molar refractivity (Wildman–Crippen MR) is 115 cm³/mol. The van der Waals surface area contributed by atoms with Gasteiger partial charge in [0.15, 0.2) is 0 Å². The molecule has 0 bridgehead atoms. The Hall–Kier alpha value is -3.15. The van der Waals surface area contributed by atoms with Crippen LogP contribution in [-0.2, 0) is 16.0 Å². The Morgan fingerprint density at radius 2 is 1.52 bits per heavy atom. The number of carbonyl (C=O) groups is 3. The molecule has 29 heavy (non-hydrogen) atoms. The van der Waals surface area contributed by atoms with Crippen LogP contribution in [0, 0.1) is 5.92 Å². The summed E-state index contributed by atoms with van der Waals surface area (Å²) in [4.78, 5) is 38.4. The largest absolute Gasteiger partial charge is 0.345 e. The third-order valence-electron chi connectivity index (χ3n) is 4.49. The first-order chi connectivity index (χ1) is 13.7. The molecule has 1 unspecified atom stereocenters. The van der Waals surface area contributed by atoms with Crippen LogP contribution in [0.25, 0.3) is 0 Å². The van der Waals surface area contributed by atoms with Crippen LogP contribution in [0.5, 0.6) is 0 Å². The van der Waals surface area contributed by atoms with Crippen LogP contribution in [-0.4, -0.2) is 36.7 Å². The van der Waals surface area contributed by atoms with Gasteiger partial charge in [0.1, 0.15) is 0 Å². The van der Waals surface area contributed by atoms with Crippen molar-refractivity contribution in [2.45, 2.75) is 33.2 Å². The minimum Gasteiger partial charge on any atom is -0.345 e. The quantitative estimate of drug-likeness (QED) is 0.736. The summed E-state index contributed by atoms with van der Waals surface area (Å²) in [5.41, 5.74) is 2.79. The monoisotopic (exact) mass is 395 g/mol. The van der Waals surface area contributed by atoms with Crippen molar-refractivity contribution in [2.75, 3.05) is 19.4 Å². The maximum Gasteiger partial charge on any atom is 0.313 e. The Bertz CT molecular complexity index is 873. The van der Waals surface area contributed by atoms with E-state index < -0.39 is 11.8 Å². The molecule has 2 aromatic rings. The van der Waals surface area contributed by atoms with Crippen molar-refractivity contribution >= 4 is 23.4 Å². The maximum atomic E-state index is 12.4. The van der Waals surface area contributed by atoms with Gasteiger partial charge in [-0.1, -0.05) is 50.2 Å². The Morgan fingerprint density at radius 3 is 2.10 bits per heavy atom. The maximum absolute atomic E-state index is 12.4. The summed E-state index contributed by atoms with van der Waals surface area (Å²) in [6.07, 6.45) is 0.995. The molecule has 0 aliphatic carbocycles. The van der Waals surface area contributed by atoms with E-state index in [1.165, 1.54) is 10.5 Å². The van der Waals surface area contributed by atoms with Crippen molar-refractivity contribution in [1.29, 1.82) is 0 Å². The van der Waals surface area contributed by atoms with Crippen molar-refractivity contribution in [3.05, 3.63) is 65.2 Å². The fraction of sp³-hybridized carbons (Fsp3) is 0.348. The Labute approximate surface area is 172 Å². The van der Waals surface area contributed by atoms with E-state index in [0.29, 0.717) is 17.2 Å². The van der Waals surface area contributed by atoms with Crippen LogP contribution in [0.4, 0.5) is 5.69 Å². The summed E-state index contributed by atoms with van der Waals surface area (Å²) in [6.45, 7) is 6.16. The SMILES string of the molecule is CC(C)Cc1ccc(C(C)NC(=O)C(=O)Nc2ccccc2C(=O)N(C)C)cc1. The number of nitrogens with zero attached hydrogens (tertiary/aromatic N) is 1. The number of carbonyl (C=O) groups excluding carboxylic acids is 3. The molecule has 6 nitrogen and oxygen atoms in total. The average molecular weight is 396 g/mol. The highest BCUT2D eigenvalue weighted by Gasteiger charge is 2.20. The third-order valence-corrected chi connectivity index (χ3v) is 4.49. The first-order valence-electron chi connectivity index (χ1n) is 9.70. The van der Waals surface area contributed by atoms with Crippen molar-refractivity contribution in [1.82, 2.24) is 10.2 Å². The van der Waals surface area contributed by atoms with E-state index >= 15 is 0 Å². The molecule has 2 N–H and O–H groups in total. The molecule has 154 valence electrons. The van der Waals surface area contributed by atoms with Gasteiger partial charge in [-0.3, -0.25) is 14.4 Å². The second kappa shape index (κ2) is 9.87. The molecule has 0 radical (unpaired) electrons. The van der Waals surface area contributed by atoms with Crippen LogP contribution in [0.15, 0.2) is 48.5 Å². The molecule has 3 amide bonds. The molecule has 0 fully saturated rings. The summed E-state index contributed by atoms with van der Waals surface area (Å²) in [5.74, 6) is -1.25. The Balaban J connectivity index is 2.02. The number of anilines is 1. The van der Waals surface area contributed by atoms with E-state index in [0.717, 1.165) is 12.0 Å². The molecule has 6 heteroatoms. The molecular weight excluding hydrogens is 366 g/mol. The minimum atomic E-state index is -0.813. The molecule has 0 spiro atoms. The van der Waals surface area contributed by atoms with E-state index in [1.807, 2.05) is 31.2 Å². The third kappa shape index (κ3) is 6.17. The zero-order valence-corrected chi connectivity index (χ0v) is 17.7. The topological polar surface area (TPSA) is 78.5 Å². The highest BCUT2D eigenvalue weighted by atomic mass is 16.2. The number of nitrogens with one attached hydrogen (secondary N) is 2. The minimum absolute atomic E-state index is 0.254. The fourth-order valence-electron chi connectivity index (χ4n) is 2.96. The van der Waals surface area contributed by atoms with E-state index in [1.54, 1.807) is 38.4 Å². The molecular formula is C23H29N3O3. The molecule has 2 aromatic carbocycles. The molecule has 0 saturated heterocycles. The standard InChI is InChI=1S/C23H29N3O3/c1-15(2)14-17-10-12-18(13-11-17)16(3)24-21(27)22(28)25-20-9-7-6-8-19(20)23(29)26(4)5/h6-13,15-16H,14H2,1-5H3,(H,24,27)(H,25,28). The number of hydrogen-bond donors (Lipinski definition) is 2. The summed E-state index contributed by atoms with van der Waals surface area (Å²) in [6, 6.07) is 14.3. The number of hydrogen-bond acceptors (Lipinski definition) is 3. The molecule has 2 rings (SSSR count). The van der Waals surface area contributed by atoms with Crippen LogP contribution in [0.2, 0.25) is 0 Å². The summed E-state index contributed by atoms with van der Waals surface area (Å²) >= 11 is 0. The molecule has 0 saturated carbocycles. The number of para-hydroxylation sites is 1. The fourth-order valence-corrected chi connectivity index (χ4v) is 2.96. The number of benzene rings is 2. The molecule has 0 aromatic heterocycles. The zero-order chi connectivity index (χ0) is 21.6. The van der Waals surface area contributed by atoms with Gasteiger partial charge < -0.3 is 15.5 Å². The van der Waals surface area contributed by atoms with Crippen LogP contribution >= 0.6 is 0 Å². The first-order valence-corrected chi connectivity index (χ1v) is 9.70. The normalized spacial score (nSPS) is 11.7. The number of amides is 3. The summed E-state index contributed by atoms with van der Waals surface area (Å²) in [7, 11) is 3.25. The van der Waals surface area contributed by atoms with Crippen LogP contribution < -0.4 is 10.6 Å². The highest BCUT2D eigenvalue weighted by molar-refractivity contribution is 6.40. The molecule has 0 aliphatic heterocycles. The van der Waals surface area contributed by atoms with Gasteiger partial charge in [0, 0.05) is 14.1 Å². The second-order valence-corrected chi connectivity index (χ2v) is 7.73. The Kier molecular flexibility index (Phi) is 7.53. The van der Waals surface area contributed by atoms with Crippen molar-refractivity contribution in [3.8, 4) is 0 Å². The van der Waals surface area contributed by atoms with Gasteiger partial charge in [-0.05, 0) is 42.5 Å². The average Bonchev–Trinajstić information content (AvgIpc) is 2.67. The van der Waals surface area contributed by atoms with Crippen LogP contribution in [0.1, 0.15) is 48.3 Å². The van der Waals surface area contributed by atoms with E-state index in [4.69, 9.17) is 0 Å². The van der Waals surface area contributed by atoms with Gasteiger partial charge in [0.05, 0.1) is 17.3 Å². The smallest absolute Gasteiger partial charge is 0.313 e. The van der Waals surface area contributed by atoms with E-state index in [2.05, 4.69) is 24.5 Å². The lowest BCUT2D eigenvalue weighted by molar-refractivity contribution is -0.136.